The number of nitrogens with one attached hydrogen (secondary N) is 1. The van der Waals surface area contributed by atoms with E-state index in [-0.39, 0.29) is 30.3 Å². The Morgan fingerprint density at radius 3 is 2.84 bits per heavy atom. The summed E-state index contributed by atoms with van der Waals surface area (Å²) in [5.41, 5.74) is 0. The fraction of sp³-hybridized carbons (Fsp3) is 0.750. The smallest absolute Gasteiger partial charge is 0.306 e. The average Bonchev–Trinajstić information content (AvgIpc) is 2.75. The zero-order chi connectivity index (χ0) is 13.8. The molecular formula is C12H18N2O4S. The molecule has 2 aliphatic rings. The average molecular weight is 286 g/mol. The van der Waals surface area contributed by atoms with Gasteiger partial charge < -0.3 is 15.3 Å². The highest BCUT2D eigenvalue weighted by Gasteiger charge is 2.29. The lowest BCUT2D eigenvalue weighted by Crippen LogP contribution is -2.45. The van der Waals surface area contributed by atoms with Crippen molar-refractivity contribution >= 4 is 29.5 Å². The number of carbonyl (C=O) groups is 3. The molecule has 2 unspecified atom stereocenters. The van der Waals surface area contributed by atoms with Gasteiger partial charge in [-0.1, -0.05) is 6.42 Å². The third-order valence-corrected chi connectivity index (χ3v) is 4.49. The molecule has 2 atom stereocenters. The van der Waals surface area contributed by atoms with Crippen LogP contribution in [0.15, 0.2) is 0 Å². The molecule has 2 rings (SSSR count). The van der Waals surface area contributed by atoms with Crippen molar-refractivity contribution < 1.29 is 19.5 Å². The molecule has 19 heavy (non-hydrogen) atoms. The third-order valence-electron chi connectivity index (χ3n) is 3.55. The molecule has 1 saturated heterocycles. The molecular weight excluding hydrogens is 268 g/mol. The van der Waals surface area contributed by atoms with Crippen molar-refractivity contribution in [3.8, 4) is 0 Å². The first-order valence-electron chi connectivity index (χ1n) is 6.44. The predicted molar refractivity (Wildman–Crippen MR) is 70.6 cm³/mol. The zero-order valence-corrected chi connectivity index (χ0v) is 11.4. The van der Waals surface area contributed by atoms with Crippen molar-refractivity contribution in [2.45, 2.75) is 31.7 Å². The van der Waals surface area contributed by atoms with Gasteiger partial charge in [0.1, 0.15) is 6.54 Å². The van der Waals surface area contributed by atoms with Crippen molar-refractivity contribution in [1.29, 1.82) is 0 Å². The Balaban J connectivity index is 1.78. The molecule has 0 aromatic rings. The van der Waals surface area contributed by atoms with Crippen molar-refractivity contribution in [3.63, 3.8) is 0 Å². The largest absolute Gasteiger partial charge is 0.481 e. The summed E-state index contributed by atoms with van der Waals surface area (Å²) in [4.78, 5) is 35.7. The molecule has 2 fully saturated rings. The summed E-state index contributed by atoms with van der Waals surface area (Å²) in [6, 6.07) is -0.0762. The molecule has 1 aliphatic heterocycles. The molecule has 1 aliphatic carbocycles. The van der Waals surface area contributed by atoms with Gasteiger partial charge in [0.2, 0.25) is 11.8 Å². The minimum absolute atomic E-state index is 0.00722. The number of amides is 2. The van der Waals surface area contributed by atoms with E-state index in [1.807, 2.05) is 0 Å². The Bertz CT molecular complexity index is 388. The highest BCUT2D eigenvalue weighted by atomic mass is 32.2. The van der Waals surface area contributed by atoms with E-state index < -0.39 is 5.97 Å². The zero-order valence-electron chi connectivity index (χ0n) is 10.6. The van der Waals surface area contributed by atoms with Gasteiger partial charge in [0.05, 0.1) is 17.5 Å². The van der Waals surface area contributed by atoms with Gasteiger partial charge in [-0.25, -0.2) is 0 Å². The van der Waals surface area contributed by atoms with Gasteiger partial charge in [-0.3, -0.25) is 14.4 Å². The van der Waals surface area contributed by atoms with E-state index in [9.17, 15) is 14.4 Å². The van der Waals surface area contributed by atoms with Gasteiger partial charge in [0, 0.05) is 6.04 Å². The first-order chi connectivity index (χ1) is 9.06. The minimum atomic E-state index is -0.787. The topological polar surface area (TPSA) is 86.7 Å². The van der Waals surface area contributed by atoms with E-state index in [0.717, 1.165) is 12.8 Å². The van der Waals surface area contributed by atoms with Crippen LogP contribution in [-0.4, -0.2) is 52.0 Å². The summed E-state index contributed by atoms with van der Waals surface area (Å²) < 4.78 is 0. The molecule has 2 N–H and O–H groups in total. The van der Waals surface area contributed by atoms with Crippen molar-refractivity contribution in [1.82, 2.24) is 10.2 Å². The van der Waals surface area contributed by atoms with E-state index in [1.165, 1.54) is 16.7 Å². The lowest BCUT2D eigenvalue weighted by molar-refractivity contribution is -0.143. The summed E-state index contributed by atoms with van der Waals surface area (Å²) in [5, 5.41) is 11.8. The number of rotatable bonds is 4. The van der Waals surface area contributed by atoms with Crippen LogP contribution in [0.1, 0.15) is 25.7 Å². The van der Waals surface area contributed by atoms with E-state index >= 15 is 0 Å². The van der Waals surface area contributed by atoms with Crippen LogP contribution in [-0.2, 0) is 14.4 Å². The second kappa shape index (κ2) is 6.27. The summed E-state index contributed by atoms with van der Waals surface area (Å²) in [6.07, 6.45) is 2.81. The van der Waals surface area contributed by atoms with Crippen LogP contribution in [0.3, 0.4) is 0 Å². The molecule has 0 aromatic heterocycles. The molecule has 1 saturated carbocycles. The molecule has 0 aromatic carbocycles. The molecule has 1 heterocycles. The van der Waals surface area contributed by atoms with Gasteiger partial charge in [-0.05, 0) is 19.3 Å². The van der Waals surface area contributed by atoms with Gasteiger partial charge in [-0.15, -0.1) is 11.8 Å². The molecule has 0 radical (unpaired) electrons. The fourth-order valence-electron chi connectivity index (χ4n) is 2.53. The lowest BCUT2D eigenvalue weighted by atomic mass is 9.86. The molecule has 0 bridgehead atoms. The highest BCUT2D eigenvalue weighted by molar-refractivity contribution is 8.00. The first kappa shape index (κ1) is 14.2. The second-order valence-electron chi connectivity index (χ2n) is 5.04. The van der Waals surface area contributed by atoms with Crippen LogP contribution in [0, 0.1) is 5.92 Å². The van der Waals surface area contributed by atoms with Crippen LogP contribution in [0.25, 0.3) is 0 Å². The van der Waals surface area contributed by atoms with E-state index in [4.69, 9.17) is 5.11 Å². The summed E-state index contributed by atoms with van der Waals surface area (Å²) in [6.45, 7) is 0.0834. The number of aliphatic carboxylic acids is 1. The number of carboxylic acid groups (broad SMARTS) is 1. The molecule has 7 heteroatoms. The van der Waals surface area contributed by atoms with Crippen molar-refractivity contribution in [2.24, 2.45) is 5.92 Å². The van der Waals surface area contributed by atoms with Crippen LogP contribution >= 0.6 is 11.8 Å². The van der Waals surface area contributed by atoms with Crippen LogP contribution < -0.4 is 5.32 Å². The first-order valence-corrected chi connectivity index (χ1v) is 7.59. The SMILES string of the molecule is O=C(CN1CSCC1=O)NC1CCCC(C(=O)O)C1. The maximum absolute atomic E-state index is 11.8. The number of thioether (sulfide) groups is 1. The van der Waals surface area contributed by atoms with Crippen LogP contribution in [0.5, 0.6) is 0 Å². The summed E-state index contributed by atoms with van der Waals surface area (Å²) >= 11 is 1.50. The van der Waals surface area contributed by atoms with Crippen molar-refractivity contribution in [2.75, 3.05) is 18.2 Å². The number of carboxylic acids is 1. The lowest BCUT2D eigenvalue weighted by Gasteiger charge is -2.28. The number of carbonyl (C=O) groups excluding carboxylic acids is 2. The number of hydrogen-bond acceptors (Lipinski definition) is 4. The Morgan fingerprint density at radius 2 is 2.21 bits per heavy atom. The van der Waals surface area contributed by atoms with Gasteiger partial charge >= 0.3 is 5.97 Å². The Labute approximate surface area is 115 Å². The van der Waals surface area contributed by atoms with E-state index in [2.05, 4.69) is 5.32 Å². The standard InChI is InChI=1S/C12H18N2O4S/c15-10(5-14-7-19-6-11(14)16)13-9-3-1-2-8(4-9)12(17)18/h8-9H,1-7H2,(H,13,15)(H,17,18). The predicted octanol–water partition coefficient (Wildman–Crippen LogP) is 0.279. The molecule has 6 nitrogen and oxygen atoms in total. The Hall–Kier alpha value is -1.24. The van der Waals surface area contributed by atoms with Crippen LogP contribution in [0.4, 0.5) is 0 Å². The molecule has 2 amide bonds. The fourth-order valence-corrected chi connectivity index (χ4v) is 3.44. The van der Waals surface area contributed by atoms with E-state index in [1.54, 1.807) is 0 Å². The summed E-state index contributed by atoms with van der Waals surface area (Å²) in [7, 11) is 0. The molecule has 106 valence electrons. The maximum atomic E-state index is 11.8. The Kier molecular flexibility index (Phi) is 4.68. The van der Waals surface area contributed by atoms with Gasteiger partial charge in [0.15, 0.2) is 0 Å². The number of nitrogens with zero attached hydrogens (tertiary/aromatic N) is 1. The minimum Gasteiger partial charge on any atom is -0.481 e. The third kappa shape index (κ3) is 3.86. The maximum Gasteiger partial charge on any atom is 0.306 e. The normalized spacial score (nSPS) is 27.4. The monoisotopic (exact) mass is 286 g/mol. The van der Waals surface area contributed by atoms with Gasteiger partial charge in [0.25, 0.3) is 0 Å². The van der Waals surface area contributed by atoms with Crippen molar-refractivity contribution in [3.05, 3.63) is 0 Å². The Morgan fingerprint density at radius 1 is 1.42 bits per heavy atom. The van der Waals surface area contributed by atoms with E-state index in [0.29, 0.717) is 24.5 Å². The molecule has 0 spiro atoms. The quantitative estimate of drug-likeness (QED) is 0.775. The number of hydrogen-bond donors (Lipinski definition) is 2. The second-order valence-corrected chi connectivity index (χ2v) is 5.99. The van der Waals surface area contributed by atoms with Gasteiger partial charge in [-0.2, -0.15) is 0 Å². The highest BCUT2D eigenvalue weighted by Crippen LogP contribution is 2.24. The van der Waals surface area contributed by atoms with Crippen LogP contribution in [0.2, 0.25) is 0 Å². The summed E-state index contributed by atoms with van der Waals surface area (Å²) in [5.74, 6) is -0.334.